The fourth-order valence-corrected chi connectivity index (χ4v) is 2.00. The number of hydrogen-bond donors (Lipinski definition) is 2. The number of rotatable bonds is 4. The van der Waals surface area contributed by atoms with Gasteiger partial charge in [-0.15, -0.1) is 0 Å². The SMILES string of the molecule is CC(=O)NCc1ccc(C(=O)Nc2ccc(Br)cc2)cc1. The van der Waals surface area contributed by atoms with Crippen LogP contribution in [-0.4, -0.2) is 11.8 Å². The molecule has 108 valence electrons. The van der Waals surface area contributed by atoms with Gasteiger partial charge in [0.25, 0.3) is 5.91 Å². The molecule has 0 heterocycles. The Labute approximate surface area is 131 Å². The van der Waals surface area contributed by atoms with Crippen molar-refractivity contribution in [3.63, 3.8) is 0 Å². The first-order chi connectivity index (χ1) is 10.0. The third kappa shape index (κ3) is 4.72. The molecule has 21 heavy (non-hydrogen) atoms. The highest BCUT2D eigenvalue weighted by molar-refractivity contribution is 9.10. The number of carbonyl (C=O) groups excluding carboxylic acids is 2. The predicted molar refractivity (Wildman–Crippen MR) is 86.1 cm³/mol. The Morgan fingerprint density at radius 1 is 1.00 bits per heavy atom. The van der Waals surface area contributed by atoms with Crippen molar-refractivity contribution in [3.8, 4) is 0 Å². The lowest BCUT2D eigenvalue weighted by Gasteiger charge is -2.07. The normalized spacial score (nSPS) is 10.0. The molecule has 5 heteroatoms. The number of halogens is 1. The molecule has 2 aromatic rings. The monoisotopic (exact) mass is 346 g/mol. The Morgan fingerprint density at radius 3 is 2.19 bits per heavy atom. The second-order valence-electron chi connectivity index (χ2n) is 4.57. The number of benzene rings is 2. The van der Waals surface area contributed by atoms with Crippen molar-refractivity contribution in [2.75, 3.05) is 5.32 Å². The van der Waals surface area contributed by atoms with Crippen molar-refractivity contribution in [2.24, 2.45) is 0 Å². The molecule has 0 bridgehead atoms. The number of carbonyl (C=O) groups is 2. The van der Waals surface area contributed by atoms with Crippen LogP contribution in [0.3, 0.4) is 0 Å². The molecule has 0 fully saturated rings. The summed E-state index contributed by atoms with van der Waals surface area (Å²) in [6.07, 6.45) is 0. The van der Waals surface area contributed by atoms with Crippen molar-refractivity contribution in [1.82, 2.24) is 5.32 Å². The Hall–Kier alpha value is -2.14. The fourth-order valence-electron chi connectivity index (χ4n) is 1.74. The molecule has 0 radical (unpaired) electrons. The zero-order chi connectivity index (χ0) is 15.2. The van der Waals surface area contributed by atoms with Crippen molar-refractivity contribution >= 4 is 33.4 Å². The van der Waals surface area contributed by atoms with E-state index in [0.29, 0.717) is 12.1 Å². The lowest BCUT2D eigenvalue weighted by atomic mass is 10.1. The van der Waals surface area contributed by atoms with Gasteiger partial charge in [-0.1, -0.05) is 28.1 Å². The summed E-state index contributed by atoms with van der Waals surface area (Å²) in [6.45, 7) is 1.93. The Kier molecular flexibility index (Phi) is 5.11. The molecule has 0 spiro atoms. The zero-order valence-electron chi connectivity index (χ0n) is 11.5. The van der Waals surface area contributed by atoms with Crippen molar-refractivity contribution < 1.29 is 9.59 Å². The topological polar surface area (TPSA) is 58.2 Å². The highest BCUT2D eigenvalue weighted by atomic mass is 79.9. The second-order valence-corrected chi connectivity index (χ2v) is 5.48. The first kappa shape index (κ1) is 15.3. The minimum absolute atomic E-state index is 0.0768. The lowest BCUT2D eigenvalue weighted by Crippen LogP contribution is -2.19. The first-order valence-electron chi connectivity index (χ1n) is 6.45. The number of hydrogen-bond acceptors (Lipinski definition) is 2. The van der Waals surface area contributed by atoms with Gasteiger partial charge in [0.2, 0.25) is 5.91 Å². The van der Waals surface area contributed by atoms with Gasteiger partial charge in [-0.3, -0.25) is 9.59 Å². The molecule has 0 aliphatic heterocycles. The van der Waals surface area contributed by atoms with Crippen LogP contribution < -0.4 is 10.6 Å². The average Bonchev–Trinajstić information content (AvgIpc) is 2.48. The second kappa shape index (κ2) is 7.04. The van der Waals surface area contributed by atoms with E-state index in [4.69, 9.17) is 0 Å². The number of anilines is 1. The van der Waals surface area contributed by atoms with E-state index in [9.17, 15) is 9.59 Å². The molecule has 0 aliphatic rings. The maximum Gasteiger partial charge on any atom is 0.255 e. The molecule has 4 nitrogen and oxygen atoms in total. The molecule has 0 atom stereocenters. The van der Waals surface area contributed by atoms with Gasteiger partial charge in [0.05, 0.1) is 0 Å². The molecular weight excluding hydrogens is 332 g/mol. The predicted octanol–water partition coefficient (Wildman–Crippen LogP) is 3.34. The Balaban J connectivity index is 1.99. The first-order valence-corrected chi connectivity index (χ1v) is 7.24. The van der Waals surface area contributed by atoms with E-state index in [1.165, 1.54) is 6.92 Å². The molecular formula is C16H15BrN2O2. The highest BCUT2D eigenvalue weighted by Crippen LogP contribution is 2.15. The Morgan fingerprint density at radius 2 is 1.62 bits per heavy atom. The van der Waals surface area contributed by atoms with Gasteiger partial charge >= 0.3 is 0 Å². The van der Waals surface area contributed by atoms with Gasteiger partial charge in [0.1, 0.15) is 0 Å². The van der Waals surface area contributed by atoms with Gasteiger partial charge in [0.15, 0.2) is 0 Å². The summed E-state index contributed by atoms with van der Waals surface area (Å²) in [4.78, 5) is 22.9. The Bertz CT molecular complexity index is 636. The minimum Gasteiger partial charge on any atom is -0.352 e. The molecule has 2 aromatic carbocycles. The van der Waals surface area contributed by atoms with Crippen LogP contribution in [0, 0.1) is 0 Å². The van der Waals surface area contributed by atoms with Crippen LogP contribution in [0.2, 0.25) is 0 Å². The third-order valence-electron chi connectivity index (χ3n) is 2.86. The number of nitrogens with one attached hydrogen (secondary N) is 2. The summed E-state index contributed by atoms with van der Waals surface area (Å²) in [7, 11) is 0. The largest absolute Gasteiger partial charge is 0.352 e. The maximum absolute atomic E-state index is 12.1. The molecule has 0 unspecified atom stereocenters. The quantitative estimate of drug-likeness (QED) is 0.891. The average molecular weight is 347 g/mol. The van der Waals surface area contributed by atoms with Gasteiger partial charge in [-0.2, -0.15) is 0 Å². The summed E-state index contributed by atoms with van der Waals surface area (Å²) in [6, 6.07) is 14.5. The van der Waals surface area contributed by atoms with E-state index in [1.807, 2.05) is 36.4 Å². The molecule has 0 saturated carbocycles. The molecule has 2 amide bonds. The third-order valence-corrected chi connectivity index (χ3v) is 3.39. The summed E-state index contributed by atoms with van der Waals surface area (Å²) >= 11 is 3.35. The lowest BCUT2D eigenvalue weighted by molar-refractivity contribution is -0.119. The summed E-state index contributed by atoms with van der Waals surface area (Å²) in [5.74, 6) is -0.240. The summed E-state index contributed by atoms with van der Waals surface area (Å²) in [5.41, 5.74) is 2.26. The fraction of sp³-hybridized carbons (Fsp3) is 0.125. The molecule has 0 aliphatic carbocycles. The molecule has 2 N–H and O–H groups in total. The van der Waals surface area contributed by atoms with E-state index in [0.717, 1.165) is 15.7 Å². The number of amides is 2. The van der Waals surface area contributed by atoms with Crippen LogP contribution in [0.4, 0.5) is 5.69 Å². The van der Waals surface area contributed by atoms with Gasteiger partial charge in [-0.25, -0.2) is 0 Å². The molecule has 0 aromatic heterocycles. The van der Waals surface area contributed by atoms with E-state index in [-0.39, 0.29) is 11.8 Å². The van der Waals surface area contributed by atoms with Crippen LogP contribution in [0.15, 0.2) is 53.0 Å². The van der Waals surface area contributed by atoms with E-state index >= 15 is 0 Å². The van der Waals surface area contributed by atoms with Crippen LogP contribution in [0.5, 0.6) is 0 Å². The highest BCUT2D eigenvalue weighted by Gasteiger charge is 2.06. The molecule has 2 rings (SSSR count). The smallest absolute Gasteiger partial charge is 0.255 e. The van der Waals surface area contributed by atoms with Gasteiger partial charge in [-0.05, 0) is 42.0 Å². The van der Waals surface area contributed by atoms with Crippen molar-refractivity contribution in [1.29, 1.82) is 0 Å². The van der Waals surface area contributed by atoms with Crippen LogP contribution in [0.1, 0.15) is 22.8 Å². The minimum atomic E-state index is -0.164. The zero-order valence-corrected chi connectivity index (χ0v) is 13.1. The van der Waals surface area contributed by atoms with E-state index in [1.54, 1.807) is 12.1 Å². The maximum atomic E-state index is 12.1. The van der Waals surface area contributed by atoms with Crippen molar-refractivity contribution in [2.45, 2.75) is 13.5 Å². The summed E-state index contributed by atoms with van der Waals surface area (Å²) in [5, 5.41) is 5.54. The van der Waals surface area contributed by atoms with Gasteiger partial charge < -0.3 is 10.6 Å². The van der Waals surface area contributed by atoms with Gasteiger partial charge in [0, 0.05) is 29.2 Å². The van der Waals surface area contributed by atoms with E-state index in [2.05, 4.69) is 26.6 Å². The van der Waals surface area contributed by atoms with Crippen LogP contribution in [0.25, 0.3) is 0 Å². The molecule has 0 saturated heterocycles. The standard InChI is InChI=1S/C16H15BrN2O2/c1-11(20)18-10-12-2-4-13(5-3-12)16(21)19-15-8-6-14(17)7-9-15/h2-9H,10H2,1H3,(H,18,20)(H,19,21). The van der Waals surface area contributed by atoms with E-state index < -0.39 is 0 Å². The van der Waals surface area contributed by atoms with Crippen LogP contribution >= 0.6 is 15.9 Å². The summed E-state index contributed by atoms with van der Waals surface area (Å²) < 4.78 is 0.961. The van der Waals surface area contributed by atoms with Crippen molar-refractivity contribution in [3.05, 3.63) is 64.1 Å². The van der Waals surface area contributed by atoms with Crippen LogP contribution in [-0.2, 0) is 11.3 Å².